The maximum atomic E-state index is 9.25. The lowest BCUT2D eigenvalue weighted by Crippen LogP contribution is -1.95. The molecule has 0 amide bonds. The van der Waals surface area contributed by atoms with Crippen LogP contribution in [-0.4, -0.2) is 11.7 Å². The average molecular weight is 242 g/mol. The highest BCUT2D eigenvalue weighted by Gasteiger charge is 1.99. The number of aromatic hydroxyl groups is 1. The molecule has 0 aliphatic heterocycles. The molecule has 94 valence electrons. The fourth-order valence-corrected chi connectivity index (χ4v) is 1.73. The third-order valence-corrected chi connectivity index (χ3v) is 2.82. The molecule has 0 aliphatic carbocycles. The predicted octanol–water partition coefficient (Wildman–Crippen LogP) is 4.24. The molecule has 2 aromatic rings. The molecule has 0 atom stereocenters. The van der Waals surface area contributed by atoms with Crippen molar-refractivity contribution in [3.05, 3.63) is 48.5 Å². The molecule has 0 aliphatic rings. The second-order valence-corrected chi connectivity index (χ2v) is 4.27. The molecule has 0 unspecified atom stereocenters. The Labute approximate surface area is 108 Å². The molecular formula is C16H18O2. The van der Waals surface area contributed by atoms with E-state index in [0.717, 1.165) is 36.3 Å². The van der Waals surface area contributed by atoms with Crippen LogP contribution < -0.4 is 4.74 Å². The van der Waals surface area contributed by atoms with E-state index in [2.05, 4.69) is 6.92 Å². The van der Waals surface area contributed by atoms with Crippen LogP contribution in [0.1, 0.15) is 19.8 Å². The Bertz CT molecular complexity index is 471. The normalized spacial score (nSPS) is 10.3. The van der Waals surface area contributed by atoms with Crippen molar-refractivity contribution < 1.29 is 9.84 Å². The van der Waals surface area contributed by atoms with Crippen LogP contribution in [0, 0.1) is 0 Å². The third kappa shape index (κ3) is 3.27. The molecule has 1 N–H and O–H groups in total. The van der Waals surface area contributed by atoms with E-state index < -0.39 is 0 Å². The van der Waals surface area contributed by atoms with Crippen molar-refractivity contribution in [1.82, 2.24) is 0 Å². The van der Waals surface area contributed by atoms with Crippen LogP contribution in [-0.2, 0) is 0 Å². The summed E-state index contributed by atoms with van der Waals surface area (Å²) in [5.74, 6) is 1.20. The van der Waals surface area contributed by atoms with Gasteiger partial charge in [0, 0.05) is 0 Å². The fourth-order valence-electron chi connectivity index (χ4n) is 1.73. The van der Waals surface area contributed by atoms with E-state index in [9.17, 15) is 5.11 Å². The van der Waals surface area contributed by atoms with Crippen molar-refractivity contribution in [3.8, 4) is 22.6 Å². The molecule has 0 bridgehead atoms. The van der Waals surface area contributed by atoms with Crippen LogP contribution in [0.4, 0.5) is 0 Å². The van der Waals surface area contributed by atoms with Gasteiger partial charge in [-0.2, -0.15) is 0 Å². The second kappa shape index (κ2) is 6.10. The number of hydrogen-bond donors (Lipinski definition) is 1. The smallest absolute Gasteiger partial charge is 0.119 e. The predicted molar refractivity (Wildman–Crippen MR) is 73.9 cm³/mol. The van der Waals surface area contributed by atoms with Crippen LogP contribution in [0.15, 0.2) is 48.5 Å². The first-order valence-electron chi connectivity index (χ1n) is 6.32. The Morgan fingerprint density at radius 1 is 0.889 bits per heavy atom. The number of hydrogen-bond acceptors (Lipinski definition) is 2. The van der Waals surface area contributed by atoms with Gasteiger partial charge in [-0.25, -0.2) is 0 Å². The summed E-state index contributed by atoms with van der Waals surface area (Å²) in [5, 5.41) is 9.25. The van der Waals surface area contributed by atoms with E-state index in [4.69, 9.17) is 4.74 Å². The maximum Gasteiger partial charge on any atom is 0.119 e. The van der Waals surface area contributed by atoms with Crippen LogP contribution in [0.3, 0.4) is 0 Å². The number of unbranched alkanes of at least 4 members (excludes halogenated alkanes) is 1. The first-order chi connectivity index (χ1) is 8.79. The van der Waals surface area contributed by atoms with Gasteiger partial charge in [-0.05, 0) is 41.8 Å². The van der Waals surface area contributed by atoms with Crippen molar-refractivity contribution in [2.75, 3.05) is 6.61 Å². The van der Waals surface area contributed by atoms with Gasteiger partial charge in [0.25, 0.3) is 0 Å². The van der Waals surface area contributed by atoms with E-state index in [1.54, 1.807) is 12.1 Å². The Kier molecular flexibility index (Phi) is 4.24. The van der Waals surface area contributed by atoms with Gasteiger partial charge in [-0.3, -0.25) is 0 Å². The summed E-state index contributed by atoms with van der Waals surface area (Å²) in [4.78, 5) is 0. The first kappa shape index (κ1) is 12.5. The monoisotopic (exact) mass is 242 g/mol. The van der Waals surface area contributed by atoms with Gasteiger partial charge in [0.1, 0.15) is 11.5 Å². The molecule has 0 fully saturated rings. The van der Waals surface area contributed by atoms with Crippen LogP contribution >= 0.6 is 0 Å². The van der Waals surface area contributed by atoms with Crippen molar-refractivity contribution >= 4 is 0 Å². The minimum absolute atomic E-state index is 0.290. The van der Waals surface area contributed by atoms with Crippen LogP contribution in [0.2, 0.25) is 0 Å². The van der Waals surface area contributed by atoms with Crippen LogP contribution in [0.5, 0.6) is 11.5 Å². The highest BCUT2D eigenvalue weighted by Crippen LogP contribution is 2.24. The minimum Gasteiger partial charge on any atom is -0.508 e. The lowest BCUT2D eigenvalue weighted by atomic mass is 10.1. The summed E-state index contributed by atoms with van der Waals surface area (Å²) in [6, 6.07) is 15.2. The summed E-state index contributed by atoms with van der Waals surface area (Å²) in [6.07, 6.45) is 2.23. The van der Waals surface area contributed by atoms with E-state index >= 15 is 0 Å². The van der Waals surface area contributed by atoms with E-state index in [0.29, 0.717) is 5.75 Å². The van der Waals surface area contributed by atoms with Gasteiger partial charge in [0.15, 0.2) is 0 Å². The highest BCUT2D eigenvalue weighted by molar-refractivity contribution is 5.64. The molecule has 2 nitrogen and oxygen atoms in total. The summed E-state index contributed by atoms with van der Waals surface area (Å²) in [6.45, 7) is 2.92. The molecule has 0 saturated carbocycles. The fraction of sp³-hybridized carbons (Fsp3) is 0.250. The van der Waals surface area contributed by atoms with Crippen molar-refractivity contribution in [2.45, 2.75) is 19.8 Å². The average Bonchev–Trinajstić information content (AvgIpc) is 2.41. The first-order valence-corrected chi connectivity index (χ1v) is 6.32. The lowest BCUT2D eigenvalue weighted by molar-refractivity contribution is 0.309. The third-order valence-electron chi connectivity index (χ3n) is 2.82. The SMILES string of the molecule is CCCCOc1ccc(-c2ccc(O)cc2)cc1. The molecule has 18 heavy (non-hydrogen) atoms. The number of phenolic OH excluding ortho intramolecular Hbond substituents is 1. The number of benzene rings is 2. The van der Waals surface area contributed by atoms with E-state index in [1.165, 1.54) is 0 Å². The standard InChI is InChI=1S/C16H18O2/c1-2-3-12-18-16-10-6-14(7-11-16)13-4-8-15(17)9-5-13/h4-11,17H,2-3,12H2,1H3. The maximum absolute atomic E-state index is 9.25. The molecule has 0 spiro atoms. The molecule has 2 aromatic carbocycles. The Hall–Kier alpha value is -1.96. The van der Waals surface area contributed by atoms with Gasteiger partial charge in [0.2, 0.25) is 0 Å². The number of rotatable bonds is 5. The number of ether oxygens (including phenoxy) is 1. The number of phenols is 1. The Morgan fingerprint density at radius 2 is 1.44 bits per heavy atom. The quantitative estimate of drug-likeness (QED) is 0.795. The zero-order chi connectivity index (χ0) is 12.8. The van der Waals surface area contributed by atoms with Crippen molar-refractivity contribution in [3.63, 3.8) is 0 Å². The highest BCUT2D eigenvalue weighted by atomic mass is 16.5. The molecule has 2 heteroatoms. The lowest BCUT2D eigenvalue weighted by Gasteiger charge is -2.07. The molecular weight excluding hydrogens is 224 g/mol. The molecule has 0 aromatic heterocycles. The summed E-state index contributed by atoms with van der Waals surface area (Å²) >= 11 is 0. The molecule has 2 rings (SSSR count). The largest absolute Gasteiger partial charge is 0.508 e. The Morgan fingerprint density at radius 3 is 2.00 bits per heavy atom. The zero-order valence-corrected chi connectivity index (χ0v) is 10.6. The topological polar surface area (TPSA) is 29.5 Å². The van der Waals surface area contributed by atoms with Gasteiger partial charge in [-0.15, -0.1) is 0 Å². The molecule has 0 heterocycles. The van der Waals surface area contributed by atoms with Gasteiger partial charge in [-0.1, -0.05) is 37.6 Å². The van der Waals surface area contributed by atoms with Crippen molar-refractivity contribution in [1.29, 1.82) is 0 Å². The van der Waals surface area contributed by atoms with Gasteiger partial charge < -0.3 is 9.84 Å². The zero-order valence-electron chi connectivity index (χ0n) is 10.6. The van der Waals surface area contributed by atoms with Gasteiger partial charge >= 0.3 is 0 Å². The molecule has 0 radical (unpaired) electrons. The summed E-state index contributed by atoms with van der Waals surface area (Å²) in [7, 11) is 0. The summed E-state index contributed by atoms with van der Waals surface area (Å²) in [5.41, 5.74) is 2.21. The Balaban J connectivity index is 2.05. The van der Waals surface area contributed by atoms with E-state index in [-0.39, 0.29) is 0 Å². The molecule has 0 saturated heterocycles. The summed E-state index contributed by atoms with van der Waals surface area (Å²) < 4.78 is 5.62. The second-order valence-electron chi connectivity index (χ2n) is 4.27. The minimum atomic E-state index is 0.290. The van der Waals surface area contributed by atoms with Gasteiger partial charge in [0.05, 0.1) is 6.61 Å². The van der Waals surface area contributed by atoms with Crippen LogP contribution in [0.25, 0.3) is 11.1 Å². The van der Waals surface area contributed by atoms with E-state index in [1.807, 2.05) is 36.4 Å². The van der Waals surface area contributed by atoms with Crippen molar-refractivity contribution in [2.24, 2.45) is 0 Å².